The summed E-state index contributed by atoms with van der Waals surface area (Å²) in [5.74, 6) is -0.570. The van der Waals surface area contributed by atoms with E-state index in [9.17, 15) is 9.59 Å². The van der Waals surface area contributed by atoms with Crippen LogP contribution in [0.4, 0.5) is 0 Å². The van der Waals surface area contributed by atoms with Crippen molar-refractivity contribution in [1.82, 2.24) is 10.6 Å². The highest BCUT2D eigenvalue weighted by Gasteiger charge is 2.13. The summed E-state index contributed by atoms with van der Waals surface area (Å²) in [7, 11) is 1.57. The van der Waals surface area contributed by atoms with Crippen LogP contribution in [0.25, 0.3) is 0 Å². The molecule has 0 saturated carbocycles. The first-order valence-electron chi connectivity index (χ1n) is 7.92. The fourth-order valence-corrected chi connectivity index (χ4v) is 2.32. The molecule has 0 bridgehead atoms. The number of carbonyl (C=O) groups excluding carboxylic acids is 2. The van der Waals surface area contributed by atoms with Gasteiger partial charge in [0.05, 0.1) is 7.11 Å². The lowest BCUT2D eigenvalue weighted by Crippen LogP contribution is -2.40. The Morgan fingerprint density at radius 3 is 2.33 bits per heavy atom. The molecule has 0 heterocycles. The summed E-state index contributed by atoms with van der Waals surface area (Å²) in [5.41, 5.74) is 2.04. The smallest absolute Gasteiger partial charge is 0.309 e. The van der Waals surface area contributed by atoms with Crippen molar-refractivity contribution >= 4 is 11.8 Å². The van der Waals surface area contributed by atoms with Gasteiger partial charge in [-0.2, -0.15) is 0 Å². The summed E-state index contributed by atoms with van der Waals surface area (Å²) >= 11 is 0. The van der Waals surface area contributed by atoms with Crippen LogP contribution >= 0.6 is 0 Å². The molecule has 0 aliphatic rings. The molecule has 2 N–H and O–H groups in total. The lowest BCUT2D eigenvalue weighted by atomic mass is 10.1. The molecule has 0 aliphatic carbocycles. The maximum Gasteiger partial charge on any atom is 0.309 e. The first kappa shape index (κ1) is 17.5. The summed E-state index contributed by atoms with van der Waals surface area (Å²) in [5, 5.41) is 5.24. The maximum atomic E-state index is 11.8. The van der Waals surface area contributed by atoms with Crippen molar-refractivity contribution in [2.24, 2.45) is 0 Å². The average molecular weight is 326 g/mol. The summed E-state index contributed by atoms with van der Waals surface area (Å²) in [4.78, 5) is 23.6. The van der Waals surface area contributed by atoms with E-state index in [0.717, 1.165) is 18.4 Å². The molecule has 5 nitrogen and oxygen atoms in total. The molecule has 0 saturated heterocycles. The van der Waals surface area contributed by atoms with Gasteiger partial charge in [-0.25, -0.2) is 0 Å². The van der Waals surface area contributed by atoms with Crippen LogP contribution in [0, 0.1) is 0 Å². The first-order valence-corrected chi connectivity index (χ1v) is 7.92. The van der Waals surface area contributed by atoms with Crippen LogP contribution in [-0.4, -0.2) is 25.5 Å². The van der Waals surface area contributed by atoms with Gasteiger partial charge in [0, 0.05) is 18.7 Å². The number of rotatable bonds is 7. The summed E-state index contributed by atoms with van der Waals surface area (Å²) in [6.45, 7) is 0.718. The molecule has 2 amide bonds. The van der Waals surface area contributed by atoms with Crippen LogP contribution in [0.5, 0.6) is 5.75 Å². The Morgan fingerprint density at radius 1 is 0.917 bits per heavy atom. The van der Waals surface area contributed by atoms with Crippen molar-refractivity contribution in [3.05, 3.63) is 65.7 Å². The number of aryl methyl sites for hydroxylation is 1. The molecule has 0 radical (unpaired) electrons. The highest BCUT2D eigenvalue weighted by atomic mass is 16.5. The van der Waals surface area contributed by atoms with Gasteiger partial charge < -0.3 is 15.4 Å². The lowest BCUT2D eigenvalue weighted by molar-refractivity contribution is -0.139. The molecular weight excluding hydrogens is 304 g/mol. The van der Waals surface area contributed by atoms with Crippen molar-refractivity contribution in [2.75, 3.05) is 13.7 Å². The number of carbonyl (C=O) groups is 2. The van der Waals surface area contributed by atoms with Gasteiger partial charge in [-0.05, 0) is 24.5 Å². The molecule has 0 spiro atoms. The second kappa shape index (κ2) is 9.35. The van der Waals surface area contributed by atoms with Crippen LogP contribution < -0.4 is 15.4 Å². The van der Waals surface area contributed by atoms with E-state index in [1.807, 2.05) is 54.6 Å². The fourth-order valence-electron chi connectivity index (χ4n) is 2.32. The van der Waals surface area contributed by atoms with Gasteiger partial charge in [0.25, 0.3) is 0 Å². The molecule has 2 aromatic carbocycles. The van der Waals surface area contributed by atoms with Gasteiger partial charge >= 0.3 is 11.8 Å². The van der Waals surface area contributed by atoms with Gasteiger partial charge in [-0.3, -0.25) is 9.59 Å². The van der Waals surface area contributed by atoms with E-state index in [1.54, 1.807) is 7.11 Å². The second-order valence-electron chi connectivity index (χ2n) is 5.34. The predicted molar refractivity (Wildman–Crippen MR) is 92.6 cm³/mol. The number of hydrogen-bond acceptors (Lipinski definition) is 3. The van der Waals surface area contributed by atoms with Crippen LogP contribution in [0.3, 0.4) is 0 Å². The van der Waals surface area contributed by atoms with Crippen molar-refractivity contribution in [3.63, 3.8) is 0 Å². The third kappa shape index (κ3) is 5.43. The van der Waals surface area contributed by atoms with Crippen molar-refractivity contribution in [3.8, 4) is 5.75 Å². The van der Waals surface area contributed by atoms with Gasteiger partial charge in [0.15, 0.2) is 0 Å². The highest BCUT2D eigenvalue weighted by Crippen LogP contribution is 2.16. The SMILES string of the molecule is COc1ccccc1CNC(=O)C(=O)NCCCc1ccccc1. The quantitative estimate of drug-likeness (QED) is 0.604. The third-order valence-corrected chi connectivity index (χ3v) is 3.61. The number of benzene rings is 2. The number of para-hydroxylation sites is 1. The van der Waals surface area contributed by atoms with E-state index >= 15 is 0 Å². The zero-order chi connectivity index (χ0) is 17.2. The van der Waals surface area contributed by atoms with Gasteiger partial charge in [0.2, 0.25) is 0 Å². The second-order valence-corrected chi connectivity index (χ2v) is 5.34. The molecule has 5 heteroatoms. The van der Waals surface area contributed by atoms with Crippen LogP contribution in [0.15, 0.2) is 54.6 Å². The molecular formula is C19H22N2O3. The molecule has 0 aliphatic heterocycles. The molecule has 0 aromatic heterocycles. The minimum atomic E-state index is -0.638. The summed E-state index contributed by atoms with van der Waals surface area (Å²) < 4.78 is 5.21. The largest absolute Gasteiger partial charge is 0.496 e. The van der Waals surface area contributed by atoms with Crippen LogP contribution in [0.1, 0.15) is 17.5 Å². The third-order valence-electron chi connectivity index (χ3n) is 3.61. The van der Waals surface area contributed by atoms with Gasteiger partial charge in [0.1, 0.15) is 5.75 Å². The van der Waals surface area contributed by atoms with Crippen LogP contribution in [0.2, 0.25) is 0 Å². The van der Waals surface area contributed by atoms with E-state index in [2.05, 4.69) is 10.6 Å². The fraction of sp³-hybridized carbons (Fsp3) is 0.263. The Balaban J connectivity index is 1.69. The first-order chi connectivity index (χ1) is 11.7. The van der Waals surface area contributed by atoms with Gasteiger partial charge in [-0.15, -0.1) is 0 Å². The molecule has 2 rings (SSSR count). The Bertz CT molecular complexity index is 671. The number of nitrogens with one attached hydrogen (secondary N) is 2. The zero-order valence-electron chi connectivity index (χ0n) is 13.7. The minimum Gasteiger partial charge on any atom is -0.496 e. The van der Waals surface area contributed by atoms with Gasteiger partial charge in [-0.1, -0.05) is 48.5 Å². The Kier molecular flexibility index (Phi) is 6.83. The molecule has 2 aromatic rings. The van der Waals surface area contributed by atoms with E-state index in [1.165, 1.54) is 5.56 Å². The monoisotopic (exact) mass is 326 g/mol. The highest BCUT2D eigenvalue weighted by molar-refractivity contribution is 6.35. The number of methoxy groups -OCH3 is 1. The molecule has 0 unspecified atom stereocenters. The summed E-state index contributed by atoms with van der Waals surface area (Å²) in [6, 6.07) is 17.4. The number of ether oxygens (including phenoxy) is 1. The molecule has 0 fully saturated rings. The van der Waals surface area contributed by atoms with E-state index < -0.39 is 11.8 Å². The molecule has 24 heavy (non-hydrogen) atoms. The topological polar surface area (TPSA) is 67.4 Å². The normalized spacial score (nSPS) is 10.0. The van der Waals surface area contributed by atoms with Crippen molar-refractivity contribution in [1.29, 1.82) is 0 Å². The Morgan fingerprint density at radius 2 is 1.58 bits per heavy atom. The summed E-state index contributed by atoms with van der Waals surface area (Å²) in [6.07, 6.45) is 1.65. The predicted octanol–water partition coefficient (Wildman–Crippen LogP) is 2.06. The lowest BCUT2D eigenvalue weighted by Gasteiger charge is -2.09. The Labute approximate surface area is 142 Å². The van der Waals surface area contributed by atoms with Crippen LogP contribution in [-0.2, 0) is 22.6 Å². The zero-order valence-corrected chi connectivity index (χ0v) is 13.7. The average Bonchev–Trinajstić information content (AvgIpc) is 2.64. The van der Waals surface area contributed by atoms with Crippen molar-refractivity contribution in [2.45, 2.75) is 19.4 Å². The Hall–Kier alpha value is -2.82. The minimum absolute atomic E-state index is 0.250. The molecule has 0 atom stereocenters. The number of hydrogen-bond donors (Lipinski definition) is 2. The van der Waals surface area contributed by atoms with E-state index in [-0.39, 0.29) is 6.54 Å². The van der Waals surface area contributed by atoms with E-state index in [4.69, 9.17) is 4.74 Å². The molecule has 126 valence electrons. The number of amides is 2. The standard InChI is InChI=1S/C19H22N2O3/c1-24-17-12-6-5-11-16(17)14-21-19(23)18(22)20-13-7-10-15-8-3-2-4-9-15/h2-6,8-9,11-12H,7,10,13-14H2,1H3,(H,20,22)(H,21,23). The van der Waals surface area contributed by atoms with E-state index in [0.29, 0.717) is 12.3 Å². The maximum absolute atomic E-state index is 11.8. The van der Waals surface area contributed by atoms with Crippen molar-refractivity contribution < 1.29 is 14.3 Å².